The molecule has 0 atom stereocenters. The summed E-state index contributed by atoms with van der Waals surface area (Å²) in [6.45, 7) is 0. The number of rotatable bonds is 0. The van der Waals surface area contributed by atoms with E-state index in [4.69, 9.17) is 5.73 Å². The second-order valence-corrected chi connectivity index (χ2v) is 1.61. The lowest BCUT2D eigenvalue weighted by atomic mass is 10.8. The van der Waals surface area contributed by atoms with Gasteiger partial charge in [0.2, 0.25) is 0 Å². The van der Waals surface area contributed by atoms with Crippen molar-refractivity contribution in [2.45, 2.75) is 0 Å². The van der Waals surface area contributed by atoms with Gasteiger partial charge in [-0.1, -0.05) is 0 Å². The first-order valence-electron chi connectivity index (χ1n) is 1.82. The highest BCUT2D eigenvalue weighted by Crippen LogP contribution is 1.89. The standard InChI is InChI=1S/C3H5N3S/c4-2-1-5-3(7)6-2/h1H,4H2,(H2,5,6,7). The van der Waals surface area contributed by atoms with Crippen molar-refractivity contribution in [2.24, 2.45) is 0 Å². The topological polar surface area (TPSA) is 57.6 Å². The molecule has 1 aromatic rings. The van der Waals surface area contributed by atoms with E-state index < -0.39 is 0 Å². The molecule has 4 heteroatoms. The number of nitrogens with two attached hydrogens (primary N) is 1. The van der Waals surface area contributed by atoms with Crippen molar-refractivity contribution >= 4 is 18.0 Å². The van der Waals surface area contributed by atoms with Gasteiger partial charge in [-0.15, -0.1) is 0 Å². The summed E-state index contributed by atoms with van der Waals surface area (Å²) in [7, 11) is 0. The first-order chi connectivity index (χ1) is 3.29. The zero-order valence-corrected chi connectivity index (χ0v) is 4.38. The maximum absolute atomic E-state index is 5.23. The summed E-state index contributed by atoms with van der Waals surface area (Å²) in [5.41, 5.74) is 5.23. The van der Waals surface area contributed by atoms with Gasteiger partial charge < -0.3 is 15.7 Å². The summed E-state index contributed by atoms with van der Waals surface area (Å²) in [4.78, 5) is 5.38. The van der Waals surface area contributed by atoms with E-state index in [1.807, 2.05) is 0 Å². The molecule has 0 aliphatic rings. The molecule has 0 fully saturated rings. The molecule has 0 saturated heterocycles. The van der Waals surface area contributed by atoms with Crippen LogP contribution in [0, 0.1) is 4.77 Å². The van der Waals surface area contributed by atoms with Gasteiger partial charge in [0.1, 0.15) is 5.82 Å². The monoisotopic (exact) mass is 115 g/mol. The number of H-pyrrole nitrogens is 2. The predicted octanol–water partition coefficient (Wildman–Crippen LogP) is 0.654. The number of imidazole rings is 1. The summed E-state index contributed by atoms with van der Waals surface area (Å²) >= 11 is 4.64. The maximum atomic E-state index is 5.23. The van der Waals surface area contributed by atoms with Crippen LogP contribution in [0.2, 0.25) is 0 Å². The molecule has 0 bridgehead atoms. The Morgan fingerprint density at radius 3 is 2.57 bits per heavy atom. The van der Waals surface area contributed by atoms with Crippen molar-refractivity contribution in [3.05, 3.63) is 11.0 Å². The Morgan fingerprint density at radius 1 is 1.71 bits per heavy atom. The Kier molecular flexibility index (Phi) is 0.867. The van der Waals surface area contributed by atoms with Crippen LogP contribution in [0.25, 0.3) is 0 Å². The van der Waals surface area contributed by atoms with Crippen LogP contribution in [0.4, 0.5) is 5.82 Å². The fourth-order valence-electron chi connectivity index (χ4n) is 0.347. The highest BCUT2D eigenvalue weighted by Gasteiger charge is 1.78. The first kappa shape index (κ1) is 4.39. The minimum Gasteiger partial charge on any atom is -0.384 e. The van der Waals surface area contributed by atoms with Crippen molar-refractivity contribution in [3.8, 4) is 0 Å². The van der Waals surface area contributed by atoms with Gasteiger partial charge in [0.25, 0.3) is 0 Å². The Balaban J connectivity index is 3.30. The van der Waals surface area contributed by atoms with Crippen LogP contribution in [-0.4, -0.2) is 9.97 Å². The van der Waals surface area contributed by atoms with Crippen molar-refractivity contribution in [3.63, 3.8) is 0 Å². The van der Waals surface area contributed by atoms with Gasteiger partial charge >= 0.3 is 0 Å². The van der Waals surface area contributed by atoms with Crippen molar-refractivity contribution in [2.75, 3.05) is 5.73 Å². The molecule has 0 unspecified atom stereocenters. The predicted molar refractivity (Wildman–Crippen MR) is 30.4 cm³/mol. The van der Waals surface area contributed by atoms with E-state index >= 15 is 0 Å². The van der Waals surface area contributed by atoms with Crippen molar-refractivity contribution in [1.29, 1.82) is 0 Å². The molecular formula is C3H5N3S. The summed E-state index contributed by atoms with van der Waals surface area (Å²) < 4.78 is 0.567. The van der Waals surface area contributed by atoms with Gasteiger partial charge in [0, 0.05) is 6.20 Å². The van der Waals surface area contributed by atoms with Crippen molar-refractivity contribution in [1.82, 2.24) is 9.97 Å². The van der Waals surface area contributed by atoms with E-state index in [-0.39, 0.29) is 0 Å². The summed E-state index contributed by atoms with van der Waals surface area (Å²) in [5.74, 6) is 0.574. The molecule has 0 aromatic carbocycles. The minimum atomic E-state index is 0.567. The van der Waals surface area contributed by atoms with Gasteiger partial charge in [-0.05, 0) is 12.2 Å². The van der Waals surface area contributed by atoms with Crippen molar-refractivity contribution < 1.29 is 0 Å². The Morgan fingerprint density at radius 2 is 2.43 bits per heavy atom. The highest BCUT2D eigenvalue weighted by molar-refractivity contribution is 7.71. The lowest BCUT2D eigenvalue weighted by Gasteiger charge is -1.71. The highest BCUT2D eigenvalue weighted by atomic mass is 32.1. The number of nitrogens with one attached hydrogen (secondary N) is 2. The van der Waals surface area contributed by atoms with E-state index in [9.17, 15) is 0 Å². The molecule has 0 saturated carbocycles. The zero-order chi connectivity index (χ0) is 5.28. The van der Waals surface area contributed by atoms with E-state index in [0.29, 0.717) is 10.6 Å². The molecule has 1 aromatic heterocycles. The molecule has 1 rings (SSSR count). The van der Waals surface area contributed by atoms with Crippen LogP contribution < -0.4 is 5.73 Å². The van der Waals surface area contributed by atoms with Crippen LogP contribution in [0.3, 0.4) is 0 Å². The SMILES string of the molecule is Nc1c[nH]c(=S)[nH]1. The summed E-state index contributed by atoms with van der Waals surface area (Å²) in [6, 6.07) is 0. The molecule has 4 N–H and O–H groups in total. The van der Waals surface area contributed by atoms with E-state index in [2.05, 4.69) is 22.2 Å². The van der Waals surface area contributed by atoms with Crippen LogP contribution in [0.1, 0.15) is 0 Å². The van der Waals surface area contributed by atoms with E-state index in [1.165, 1.54) is 0 Å². The Labute approximate surface area is 45.6 Å². The number of aromatic nitrogens is 2. The molecule has 3 nitrogen and oxygen atoms in total. The normalized spacial score (nSPS) is 9.14. The Hall–Kier alpha value is -0.770. The molecule has 0 radical (unpaired) electrons. The van der Waals surface area contributed by atoms with Gasteiger partial charge in [0.15, 0.2) is 4.77 Å². The van der Waals surface area contributed by atoms with Gasteiger partial charge in [-0.3, -0.25) is 0 Å². The van der Waals surface area contributed by atoms with Gasteiger partial charge in [-0.2, -0.15) is 0 Å². The molecule has 7 heavy (non-hydrogen) atoms. The third kappa shape index (κ3) is 0.806. The molecule has 0 amide bonds. The second kappa shape index (κ2) is 1.38. The third-order valence-corrected chi connectivity index (χ3v) is 0.837. The number of hydrogen-bond donors (Lipinski definition) is 3. The van der Waals surface area contributed by atoms with Crippen LogP contribution >= 0.6 is 12.2 Å². The molecular weight excluding hydrogens is 110 g/mol. The first-order valence-corrected chi connectivity index (χ1v) is 2.23. The number of nitrogen functional groups attached to an aromatic ring is 1. The van der Waals surface area contributed by atoms with E-state index in [1.54, 1.807) is 6.20 Å². The average Bonchev–Trinajstić information content (AvgIpc) is 1.87. The Bertz CT molecular complexity index is 198. The summed E-state index contributed by atoms with van der Waals surface area (Å²) in [5, 5.41) is 0. The molecule has 38 valence electrons. The molecule has 0 aliphatic carbocycles. The zero-order valence-electron chi connectivity index (χ0n) is 3.56. The maximum Gasteiger partial charge on any atom is 0.176 e. The molecule has 0 aliphatic heterocycles. The second-order valence-electron chi connectivity index (χ2n) is 1.20. The number of anilines is 1. The van der Waals surface area contributed by atoms with E-state index in [0.717, 1.165) is 0 Å². The number of hydrogen-bond acceptors (Lipinski definition) is 2. The average molecular weight is 115 g/mol. The molecule has 1 heterocycles. The summed E-state index contributed by atoms with van der Waals surface area (Å²) in [6.07, 6.45) is 1.61. The van der Waals surface area contributed by atoms with Gasteiger partial charge in [0.05, 0.1) is 0 Å². The van der Waals surface area contributed by atoms with Crippen LogP contribution in [-0.2, 0) is 0 Å². The largest absolute Gasteiger partial charge is 0.384 e. The van der Waals surface area contributed by atoms with Crippen LogP contribution in [0.15, 0.2) is 6.20 Å². The third-order valence-electron chi connectivity index (χ3n) is 0.617. The van der Waals surface area contributed by atoms with Gasteiger partial charge in [-0.25, -0.2) is 0 Å². The smallest absolute Gasteiger partial charge is 0.176 e. The lowest BCUT2D eigenvalue weighted by molar-refractivity contribution is 1.27. The lowest BCUT2D eigenvalue weighted by Crippen LogP contribution is -1.80. The fraction of sp³-hybridized carbons (Fsp3) is 0. The number of aromatic amines is 2. The minimum absolute atomic E-state index is 0.567. The van der Waals surface area contributed by atoms with Crippen LogP contribution in [0.5, 0.6) is 0 Å². The molecule has 0 spiro atoms. The quantitative estimate of drug-likeness (QED) is 0.435. The fourth-order valence-corrected chi connectivity index (χ4v) is 0.523.